The van der Waals surface area contributed by atoms with Gasteiger partial charge in [-0.2, -0.15) is 0 Å². The van der Waals surface area contributed by atoms with Crippen LogP contribution in [0.1, 0.15) is 61.9 Å². The van der Waals surface area contributed by atoms with E-state index in [9.17, 15) is 19.8 Å². The number of nitrogens with zero attached hydrogens (tertiary/aromatic N) is 1. The van der Waals surface area contributed by atoms with Gasteiger partial charge in [-0.25, -0.2) is 4.79 Å². The number of morpholine rings is 1. The predicted molar refractivity (Wildman–Crippen MR) is 192 cm³/mol. The number of alkyl carbamates (subject to hydrolysis) is 1. The van der Waals surface area contributed by atoms with Crippen molar-refractivity contribution in [2.24, 2.45) is 5.92 Å². The van der Waals surface area contributed by atoms with Gasteiger partial charge in [0, 0.05) is 32.0 Å². The van der Waals surface area contributed by atoms with Gasteiger partial charge >= 0.3 is 6.09 Å². The molecule has 0 unspecified atom stereocenters. The first-order valence-corrected chi connectivity index (χ1v) is 17.8. The van der Waals surface area contributed by atoms with Crippen molar-refractivity contribution < 1.29 is 34.0 Å². The minimum Gasteiger partial charge on any atom is -0.492 e. The summed E-state index contributed by atoms with van der Waals surface area (Å²) >= 11 is 0. The summed E-state index contributed by atoms with van der Waals surface area (Å²) in [6, 6.07) is 24.1. The van der Waals surface area contributed by atoms with Gasteiger partial charge in [0.1, 0.15) is 18.0 Å². The molecule has 0 radical (unpaired) electrons. The average molecular weight is 688 g/mol. The molecule has 270 valence electrons. The van der Waals surface area contributed by atoms with E-state index in [-0.39, 0.29) is 12.3 Å². The van der Waals surface area contributed by atoms with Crippen LogP contribution in [0.3, 0.4) is 0 Å². The lowest BCUT2D eigenvalue weighted by Crippen LogP contribution is -2.48. The first-order valence-electron chi connectivity index (χ1n) is 17.8. The maximum atomic E-state index is 13.9. The second-order valence-electron chi connectivity index (χ2n) is 14.4. The average Bonchev–Trinajstić information content (AvgIpc) is 3.41. The number of nitrogens with one attached hydrogen (secondary N) is 2. The largest absolute Gasteiger partial charge is 0.492 e. The Balaban J connectivity index is 1.25. The van der Waals surface area contributed by atoms with Gasteiger partial charge in [-0.3, -0.25) is 9.69 Å². The van der Waals surface area contributed by atoms with Gasteiger partial charge in [-0.1, -0.05) is 66.7 Å². The maximum absolute atomic E-state index is 13.9. The van der Waals surface area contributed by atoms with Gasteiger partial charge < -0.3 is 35.1 Å². The fourth-order valence-corrected chi connectivity index (χ4v) is 6.67. The number of benzene rings is 3. The zero-order valence-corrected chi connectivity index (χ0v) is 29.6. The monoisotopic (exact) mass is 687 g/mol. The van der Waals surface area contributed by atoms with Crippen LogP contribution in [0.4, 0.5) is 4.79 Å². The van der Waals surface area contributed by atoms with E-state index in [1.807, 2.05) is 78.9 Å². The number of aliphatic hydroxyl groups is 2. The van der Waals surface area contributed by atoms with Crippen LogP contribution < -0.4 is 15.4 Å². The number of hydrogen-bond donors (Lipinski definition) is 4. The van der Waals surface area contributed by atoms with Gasteiger partial charge in [0.2, 0.25) is 5.91 Å². The third-order valence-electron chi connectivity index (χ3n) is 9.34. The second-order valence-corrected chi connectivity index (χ2v) is 14.4. The molecule has 1 saturated heterocycles. The molecule has 10 nitrogen and oxygen atoms in total. The van der Waals surface area contributed by atoms with Crippen molar-refractivity contribution in [1.82, 2.24) is 15.5 Å². The molecule has 0 bridgehead atoms. The predicted octanol–water partition coefficient (Wildman–Crippen LogP) is 4.61. The summed E-state index contributed by atoms with van der Waals surface area (Å²) in [5.74, 6) is -0.0895. The summed E-state index contributed by atoms with van der Waals surface area (Å²) in [6.45, 7) is 10.2. The van der Waals surface area contributed by atoms with Gasteiger partial charge in [0.25, 0.3) is 0 Å². The van der Waals surface area contributed by atoms with Crippen LogP contribution in [-0.4, -0.2) is 90.4 Å². The SMILES string of the molecule is CC(C)(C)OC(=O)N[C@@H](CCc1ccc(OCCN2CCOCC2)cc1)[C@@H](O)C[C@@H](Cc1ccccc1)C(=O)N[C@H]1c2ccccc2C[C@H]1O. The molecule has 1 heterocycles. The highest BCUT2D eigenvalue weighted by atomic mass is 16.6. The highest BCUT2D eigenvalue weighted by Crippen LogP contribution is 2.32. The molecule has 0 saturated carbocycles. The highest BCUT2D eigenvalue weighted by Gasteiger charge is 2.35. The zero-order chi connectivity index (χ0) is 35.5. The molecule has 3 aromatic rings. The number of fused-ring (bicyclic) bond motifs is 1. The molecule has 50 heavy (non-hydrogen) atoms. The Hall–Kier alpha value is -3.96. The maximum Gasteiger partial charge on any atom is 0.407 e. The summed E-state index contributed by atoms with van der Waals surface area (Å²) in [7, 11) is 0. The van der Waals surface area contributed by atoms with Crippen molar-refractivity contribution in [1.29, 1.82) is 0 Å². The van der Waals surface area contributed by atoms with Crippen LogP contribution in [0.25, 0.3) is 0 Å². The molecular weight excluding hydrogens is 634 g/mol. The van der Waals surface area contributed by atoms with Crippen LogP contribution >= 0.6 is 0 Å². The topological polar surface area (TPSA) is 130 Å². The molecule has 3 aromatic carbocycles. The Kier molecular flexibility index (Phi) is 13.3. The molecule has 1 aliphatic heterocycles. The van der Waals surface area contributed by atoms with Gasteiger partial charge in [-0.05, 0) is 80.8 Å². The summed E-state index contributed by atoms with van der Waals surface area (Å²) in [4.78, 5) is 29.2. The van der Waals surface area contributed by atoms with Crippen LogP contribution in [-0.2, 0) is 33.5 Å². The summed E-state index contributed by atoms with van der Waals surface area (Å²) in [5, 5.41) is 28.5. The standard InChI is InChI=1S/C40H53N3O7/c1-40(2,3)50-39(47)41-34(18-15-28-13-16-32(17-14-28)49-24-21-43-19-22-48-23-20-43)35(44)27-31(25-29-9-5-4-6-10-29)38(46)42-37-33-12-8-7-11-30(33)26-36(37)45/h4-14,16-17,31,34-37,44-45H,15,18-27H2,1-3H3,(H,41,47)(H,42,46)/t31-,34+,35+,36-,37+/m1/s1. The molecule has 0 spiro atoms. The van der Waals surface area contributed by atoms with Crippen molar-refractivity contribution in [3.63, 3.8) is 0 Å². The minimum atomic E-state index is -1.05. The number of rotatable bonds is 15. The van der Waals surface area contributed by atoms with Crippen LogP contribution in [0, 0.1) is 5.92 Å². The second kappa shape index (κ2) is 17.8. The lowest BCUT2D eigenvalue weighted by Gasteiger charge is -2.29. The summed E-state index contributed by atoms with van der Waals surface area (Å²) < 4.78 is 16.9. The van der Waals surface area contributed by atoms with Gasteiger partial charge in [0.05, 0.1) is 37.5 Å². The molecule has 2 aliphatic rings. The normalized spacial score (nSPS) is 19.5. The van der Waals surface area contributed by atoms with Crippen molar-refractivity contribution in [3.8, 4) is 5.75 Å². The number of aliphatic hydroxyl groups excluding tert-OH is 2. The molecule has 2 amide bonds. The first kappa shape index (κ1) is 37.3. The van der Waals surface area contributed by atoms with E-state index >= 15 is 0 Å². The lowest BCUT2D eigenvalue weighted by molar-refractivity contribution is -0.127. The lowest BCUT2D eigenvalue weighted by atomic mass is 9.88. The van der Waals surface area contributed by atoms with Crippen LogP contribution in [0.15, 0.2) is 78.9 Å². The number of aryl methyl sites for hydroxylation is 1. The number of carbonyl (C=O) groups is 2. The molecule has 10 heteroatoms. The van der Waals surface area contributed by atoms with Crippen LogP contribution in [0.5, 0.6) is 5.75 Å². The molecule has 1 aliphatic carbocycles. The van der Waals surface area contributed by atoms with E-state index in [4.69, 9.17) is 14.2 Å². The Morgan fingerprint density at radius 3 is 2.38 bits per heavy atom. The van der Waals surface area contributed by atoms with E-state index in [0.29, 0.717) is 32.3 Å². The molecule has 0 aromatic heterocycles. The Bertz CT molecular complexity index is 1510. The van der Waals surface area contributed by atoms with Crippen molar-refractivity contribution in [3.05, 3.63) is 101 Å². The third-order valence-corrected chi connectivity index (χ3v) is 9.34. The minimum absolute atomic E-state index is 0.0988. The van der Waals surface area contributed by atoms with Crippen LogP contribution in [0.2, 0.25) is 0 Å². The molecule has 4 N–H and O–H groups in total. The summed E-state index contributed by atoms with van der Waals surface area (Å²) in [6.07, 6.45) is -0.455. The highest BCUT2D eigenvalue weighted by molar-refractivity contribution is 5.80. The first-order chi connectivity index (χ1) is 24.0. The molecular formula is C40H53N3O7. The summed E-state index contributed by atoms with van der Waals surface area (Å²) in [5.41, 5.74) is 3.19. The van der Waals surface area contributed by atoms with Gasteiger partial charge in [-0.15, -0.1) is 0 Å². The smallest absolute Gasteiger partial charge is 0.407 e. The van der Waals surface area contributed by atoms with E-state index in [1.54, 1.807) is 20.8 Å². The number of ether oxygens (including phenoxy) is 3. The molecule has 5 rings (SSSR count). The van der Waals surface area contributed by atoms with Crippen molar-refractivity contribution >= 4 is 12.0 Å². The van der Waals surface area contributed by atoms with Crippen molar-refractivity contribution in [2.75, 3.05) is 39.5 Å². The fraction of sp³-hybridized carbons (Fsp3) is 0.500. The van der Waals surface area contributed by atoms with Crippen molar-refractivity contribution in [2.45, 2.75) is 82.8 Å². The molecule has 1 fully saturated rings. The Morgan fingerprint density at radius 2 is 1.66 bits per heavy atom. The van der Waals surface area contributed by atoms with E-state index in [0.717, 1.165) is 60.9 Å². The number of amides is 2. The number of carbonyl (C=O) groups excluding carboxylic acids is 2. The Labute approximate surface area is 296 Å². The molecule has 5 atom stereocenters. The Morgan fingerprint density at radius 1 is 0.960 bits per heavy atom. The zero-order valence-electron chi connectivity index (χ0n) is 29.6. The van der Waals surface area contributed by atoms with E-state index in [2.05, 4.69) is 15.5 Å². The quantitative estimate of drug-likeness (QED) is 0.183. The fourth-order valence-electron chi connectivity index (χ4n) is 6.67. The number of hydrogen-bond acceptors (Lipinski definition) is 8. The van der Waals surface area contributed by atoms with E-state index < -0.39 is 41.9 Å². The van der Waals surface area contributed by atoms with E-state index in [1.165, 1.54) is 0 Å². The third kappa shape index (κ3) is 11.3. The van der Waals surface area contributed by atoms with Gasteiger partial charge in [0.15, 0.2) is 0 Å².